The summed E-state index contributed by atoms with van der Waals surface area (Å²) in [6.45, 7) is 1.80. The first-order chi connectivity index (χ1) is 16.5. The lowest BCUT2D eigenvalue weighted by atomic mass is 9.64. The van der Waals surface area contributed by atoms with Gasteiger partial charge in [0, 0.05) is 30.6 Å². The fraction of sp³-hybridized carbons (Fsp3) is 0.280. The first-order valence-electron chi connectivity index (χ1n) is 11.2. The Balaban J connectivity index is 1.45. The zero-order valence-electron chi connectivity index (χ0n) is 18.8. The SMILES string of the molecule is CCC(=O)Cn1cccc(-c2nc(C3(c4ccc(-c5cnc(N)nc5)cc4)CCC3)no2)c1=O. The molecule has 0 spiro atoms. The predicted octanol–water partition coefficient (Wildman–Crippen LogP) is 3.39. The molecule has 0 unspecified atom stereocenters. The first kappa shape index (κ1) is 21.7. The minimum Gasteiger partial charge on any atom is -0.368 e. The van der Waals surface area contributed by atoms with Crippen molar-refractivity contribution in [1.29, 1.82) is 0 Å². The Hall–Kier alpha value is -4.14. The van der Waals surface area contributed by atoms with Gasteiger partial charge in [-0.3, -0.25) is 9.59 Å². The standard InChI is InChI=1S/C25H24N6O3/c1-2-19(32)15-31-12-3-5-20(22(31)33)21-29-23(30-34-21)25(10-4-11-25)18-8-6-16(7-9-18)17-13-27-24(26)28-14-17/h3,5-9,12-14H,2,4,10-11,15H2,1H3,(H2,26,27,28). The van der Waals surface area contributed by atoms with E-state index in [0.717, 1.165) is 36.0 Å². The van der Waals surface area contributed by atoms with Crippen LogP contribution in [-0.2, 0) is 16.8 Å². The molecule has 2 N–H and O–H groups in total. The van der Waals surface area contributed by atoms with Crippen LogP contribution >= 0.6 is 0 Å². The highest BCUT2D eigenvalue weighted by atomic mass is 16.5. The van der Waals surface area contributed by atoms with E-state index in [4.69, 9.17) is 10.3 Å². The zero-order chi connectivity index (χ0) is 23.7. The van der Waals surface area contributed by atoms with Gasteiger partial charge in [0.25, 0.3) is 11.4 Å². The molecule has 0 saturated heterocycles. The fourth-order valence-corrected chi connectivity index (χ4v) is 4.29. The maximum absolute atomic E-state index is 12.9. The average molecular weight is 457 g/mol. The molecule has 0 aliphatic heterocycles. The van der Waals surface area contributed by atoms with Crippen LogP contribution in [0, 0.1) is 0 Å². The van der Waals surface area contributed by atoms with Crippen molar-refractivity contribution in [3.05, 3.63) is 76.7 Å². The number of hydrogen-bond donors (Lipinski definition) is 1. The van der Waals surface area contributed by atoms with Gasteiger partial charge in [-0.1, -0.05) is 42.8 Å². The molecule has 0 amide bonds. The number of ketones is 1. The van der Waals surface area contributed by atoms with E-state index in [1.165, 1.54) is 4.57 Å². The minimum absolute atomic E-state index is 0.0205. The zero-order valence-corrected chi connectivity index (χ0v) is 18.8. The highest BCUT2D eigenvalue weighted by Crippen LogP contribution is 2.48. The van der Waals surface area contributed by atoms with Gasteiger partial charge in [-0.2, -0.15) is 4.98 Å². The maximum Gasteiger partial charge on any atom is 0.263 e. The average Bonchev–Trinajstić information content (AvgIpc) is 3.30. The van der Waals surface area contributed by atoms with E-state index in [9.17, 15) is 9.59 Å². The summed E-state index contributed by atoms with van der Waals surface area (Å²) < 4.78 is 6.92. The van der Waals surface area contributed by atoms with Crippen molar-refractivity contribution in [3.8, 4) is 22.6 Å². The molecule has 0 radical (unpaired) electrons. The van der Waals surface area contributed by atoms with E-state index in [-0.39, 0.29) is 35.1 Å². The summed E-state index contributed by atoms with van der Waals surface area (Å²) in [5.41, 5.74) is 8.15. The summed E-state index contributed by atoms with van der Waals surface area (Å²) in [5.74, 6) is 0.952. The van der Waals surface area contributed by atoms with E-state index < -0.39 is 0 Å². The van der Waals surface area contributed by atoms with Crippen molar-refractivity contribution in [3.63, 3.8) is 0 Å². The number of carbonyl (C=O) groups excluding carboxylic acids is 1. The highest BCUT2D eigenvalue weighted by molar-refractivity contribution is 5.77. The molecule has 172 valence electrons. The number of Topliss-reactive ketones (excluding diaryl/α,β-unsaturated/α-hetero) is 1. The van der Waals surface area contributed by atoms with Gasteiger partial charge in [0.2, 0.25) is 5.95 Å². The van der Waals surface area contributed by atoms with Gasteiger partial charge >= 0.3 is 0 Å². The Morgan fingerprint density at radius 3 is 2.50 bits per heavy atom. The monoisotopic (exact) mass is 456 g/mol. The molecular weight excluding hydrogens is 432 g/mol. The Bertz CT molecular complexity index is 1390. The van der Waals surface area contributed by atoms with E-state index >= 15 is 0 Å². The number of nitrogen functional groups attached to an aromatic ring is 1. The van der Waals surface area contributed by atoms with Crippen molar-refractivity contribution in [1.82, 2.24) is 24.7 Å². The molecule has 34 heavy (non-hydrogen) atoms. The molecule has 0 atom stereocenters. The summed E-state index contributed by atoms with van der Waals surface area (Å²) in [4.78, 5) is 37.5. The Kier molecular flexibility index (Phi) is 5.53. The molecule has 1 aromatic carbocycles. The normalized spacial score (nSPS) is 14.5. The predicted molar refractivity (Wildman–Crippen MR) is 126 cm³/mol. The van der Waals surface area contributed by atoms with Crippen LogP contribution in [0.3, 0.4) is 0 Å². The topological polar surface area (TPSA) is 130 Å². The molecule has 1 aliphatic carbocycles. The Morgan fingerprint density at radius 2 is 1.85 bits per heavy atom. The van der Waals surface area contributed by atoms with Crippen LogP contribution in [0.25, 0.3) is 22.6 Å². The molecule has 0 bridgehead atoms. The molecule has 9 nitrogen and oxygen atoms in total. The summed E-state index contributed by atoms with van der Waals surface area (Å²) >= 11 is 0. The van der Waals surface area contributed by atoms with Gasteiger partial charge in [-0.05, 0) is 36.1 Å². The van der Waals surface area contributed by atoms with Crippen molar-refractivity contribution >= 4 is 11.7 Å². The number of anilines is 1. The number of nitrogens with two attached hydrogens (primary N) is 1. The molecular formula is C25H24N6O3. The highest BCUT2D eigenvalue weighted by Gasteiger charge is 2.44. The van der Waals surface area contributed by atoms with Crippen LogP contribution in [0.2, 0.25) is 0 Å². The van der Waals surface area contributed by atoms with Crippen molar-refractivity contribution in [2.24, 2.45) is 0 Å². The van der Waals surface area contributed by atoms with Crippen LogP contribution < -0.4 is 11.3 Å². The number of rotatable bonds is 7. The van der Waals surface area contributed by atoms with Gasteiger partial charge in [-0.25, -0.2) is 9.97 Å². The minimum atomic E-state index is -0.357. The van der Waals surface area contributed by atoms with E-state index in [1.54, 1.807) is 37.6 Å². The second kappa shape index (κ2) is 8.66. The van der Waals surface area contributed by atoms with Crippen molar-refractivity contribution < 1.29 is 9.32 Å². The van der Waals surface area contributed by atoms with Crippen molar-refractivity contribution in [2.75, 3.05) is 5.73 Å². The van der Waals surface area contributed by atoms with Gasteiger partial charge < -0.3 is 14.8 Å². The van der Waals surface area contributed by atoms with Crippen LogP contribution in [0.4, 0.5) is 5.95 Å². The lowest BCUT2D eigenvalue weighted by Crippen LogP contribution is -2.36. The third-order valence-corrected chi connectivity index (χ3v) is 6.50. The van der Waals surface area contributed by atoms with Crippen LogP contribution in [-0.4, -0.2) is 30.5 Å². The van der Waals surface area contributed by atoms with Crippen LogP contribution in [0.5, 0.6) is 0 Å². The molecule has 3 aromatic heterocycles. The van der Waals surface area contributed by atoms with E-state index in [2.05, 4.69) is 32.2 Å². The number of hydrogen-bond acceptors (Lipinski definition) is 8. The summed E-state index contributed by atoms with van der Waals surface area (Å²) in [6.07, 6.45) is 8.19. The largest absolute Gasteiger partial charge is 0.368 e. The second-order valence-electron chi connectivity index (χ2n) is 8.51. The third kappa shape index (κ3) is 3.79. The number of aromatic nitrogens is 5. The Morgan fingerprint density at radius 1 is 1.12 bits per heavy atom. The third-order valence-electron chi connectivity index (χ3n) is 6.50. The summed E-state index contributed by atoms with van der Waals surface area (Å²) in [5, 5.41) is 4.27. The number of nitrogens with zero attached hydrogens (tertiary/aromatic N) is 5. The lowest BCUT2D eigenvalue weighted by Gasteiger charge is -2.39. The molecule has 3 heterocycles. The molecule has 4 aromatic rings. The van der Waals surface area contributed by atoms with E-state index in [0.29, 0.717) is 17.8 Å². The van der Waals surface area contributed by atoms with Crippen molar-refractivity contribution in [2.45, 2.75) is 44.6 Å². The Labute approximate surface area is 195 Å². The smallest absolute Gasteiger partial charge is 0.263 e. The fourth-order valence-electron chi connectivity index (χ4n) is 4.29. The molecule has 5 rings (SSSR count). The van der Waals surface area contributed by atoms with E-state index in [1.807, 2.05) is 12.1 Å². The van der Waals surface area contributed by atoms with Gasteiger partial charge in [0.1, 0.15) is 5.56 Å². The molecule has 1 saturated carbocycles. The summed E-state index contributed by atoms with van der Waals surface area (Å²) in [7, 11) is 0. The summed E-state index contributed by atoms with van der Waals surface area (Å²) in [6, 6.07) is 11.5. The van der Waals surface area contributed by atoms with Gasteiger partial charge in [0.05, 0.1) is 12.0 Å². The van der Waals surface area contributed by atoms with Gasteiger partial charge in [0.15, 0.2) is 11.6 Å². The quantitative estimate of drug-likeness (QED) is 0.448. The molecule has 1 fully saturated rings. The van der Waals surface area contributed by atoms with Gasteiger partial charge in [-0.15, -0.1) is 0 Å². The number of benzene rings is 1. The second-order valence-corrected chi connectivity index (χ2v) is 8.51. The molecule has 9 heteroatoms. The number of pyridine rings is 1. The van der Waals surface area contributed by atoms with Crippen LogP contribution in [0.15, 0.2) is 64.3 Å². The lowest BCUT2D eigenvalue weighted by molar-refractivity contribution is -0.119. The maximum atomic E-state index is 12.9. The van der Waals surface area contributed by atoms with Crippen LogP contribution in [0.1, 0.15) is 44.0 Å². The molecule has 1 aliphatic rings. The number of carbonyl (C=O) groups is 1. The first-order valence-corrected chi connectivity index (χ1v) is 11.2.